The van der Waals surface area contributed by atoms with Crippen LogP contribution in [0, 0.1) is 0 Å². The zero-order chi connectivity index (χ0) is 23.7. The molecule has 1 unspecified atom stereocenters. The van der Waals surface area contributed by atoms with Crippen LogP contribution in [0.1, 0.15) is 22.7 Å². The molecule has 2 aliphatic heterocycles. The monoisotopic (exact) mass is 458 g/mol. The van der Waals surface area contributed by atoms with Crippen molar-refractivity contribution in [2.45, 2.75) is 12.6 Å². The number of pyridine rings is 1. The number of hydrogen-bond acceptors (Lipinski definition) is 7. The summed E-state index contributed by atoms with van der Waals surface area (Å²) >= 11 is 0. The average Bonchev–Trinajstić information content (AvgIpc) is 3.13. The van der Waals surface area contributed by atoms with Gasteiger partial charge in [-0.05, 0) is 53.6 Å². The third-order valence-electron chi connectivity index (χ3n) is 5.86. The molecule has 2 aromatic carbocycles. The summed E-state index contributed by atoms with van der Waals surface area (Å²) in [6, 6.07) is 14.9. The second-order valence-corrected chi connectivity index (χ2v) is 7.92. The number of amides is 1. The predicted octanol–water partition coefficient (Wildman–Crippen LogP) is 3.48. The van der Waals surface area contributed by atoms with E-state index in [2.05, 4.69) is 4.98 Å². The standard InChI is InChI=1S/C26H22N2O6/c1-32-19-4-2-3-16(13-19)15-28-23(17-7-9-27-10-8-17)22(25(30)26(28)31)24(29)18-5-6-20-21(14-18)34-12-11-33-20/h2-10,13-14,23,29H,11-12,15H2,1H3/b24-22-. The zero-order valence-electron chi connectivity index (χ0n) is 18.4. The maximum absolute atomic E-state index is 13.2. The highest BCUT2D eigenvalue weighted by Crippen LogP contribution is 2.41. The van der Waals surface area contributed by atoms with Gasteiger partial charge in [0.05, 0.1) is 18.7 Å². The maximum Gasteiger partial charge on any atom is 0.295 e. The van der Waals surface area contributed by atoms with Gasteiger partial charge in [-0.15, -0.1) is 0 Å². The molecule has 34 heavy (non-hydrogen) atoms. The Bertz CT molecular complexity index is 1290. The zero-order valence-corrected chi connectivity index (χ0v) is 18.4. The third-order valence-corrected chi connectivity index (χ3v) is 5.86. The number of carbonyl (C=O) groups is 2. The summed E-state index contributed by atoms with van der Waals surface area (Å²) < 4.78 is 16.5. The van der Waals surface area contributed by atoms with Crippen LogP contribution in [0.2, 0.25) is 0 Å². The highest BCUT2D eigenvalue weighted by molar-refractivity contribution is 6.46. The highest BCUT2D eigenvalue weighted by atomic mass is 16.6. The number of ketones is 1. The molecule has 0 radical (unpaired) electrons. The molecule has 0 saturated carbocycles. The summed E-state index contributed by atoms with van der Waals surface area (Å²) in [5.74, 6) is -0.0368. The third kappa shape index (κ3) is 3.83. The Labute approximate surface area is 196 Å². The highest BCUT2D eigenvalue weighted by Gasteiger charge is 2.46. The van der Waals surface area contributed by atoms with Crippen molar-refractivity contribution in [2.75, 3.05) is 20.3 Å². The van der Waals surface area contributed by atoms with E-state index in [9.17, 15) is 14.7 Å². The smallest absolute Gasteiger partial charge is 0.295 e. The fourth-order valence-electron chi connectivity index (χ4n) is 4.25. The molecule has 5 rings (SSSR count). The molecule has 1 aromatic heterocycles. The lowest BCUT2D eigenvalue weighted by molar-refractivity contribution is -0.140. The number of fused-ring (bicyclic) bond motifs is 1. The molecule has 3 heterocycles. The van der Waals surface area contributed by atoms with E-state index in [1.54, 1.807) is 55.9 Å². The van der Waals surface area contributed by atoms with Crippen LogP contribution in [0.25, 0.3) is 5.76 Å². The second-order valence-electron chi connectivity index (χ2n) is 7.92. The molecule has 8 nitrogen and oxygen atoms in total. The molecule has 172 valence electrons. The summed E-state index contributed by atoms with van der Waals surface area (Å²) in [6.07, 6.45) is 3.18. The summed E-state index contributed by atoms with van der Waals surface area (Å²) in [5, 5.41) is 11.3. The van der Waals surface area contributed by atoms with E-state index in [1.165, 1.54) is 4.90 Å². The van der Waals surface area contributed by atoms with Crippen LogP contribution in [-0.2, 0) is 16.1 Å². The van der Waals surface area contributed by atoms with E-state index in [1.807, 2.05) is 18.2 Å². The lowest BCUT2D eigenvalue weighted by Crippen LogP contribution is -2.29. The van der Waals surface area contributed by atoms with Gasteiger partial charge in [-0.3, -0.25) is 14.6 Å². The molecule has 0 spiro atoms. The van der Waals surface area contributed by atoms with E-state index < -0.39 is 17.7 Å². The van der Waals surface area contributed by atoms with Gasteiger partial charge in [-0.2, -0.15) is 0 Å². The van der Waals surface area contributed by atoms with Gasteiger partial charge < -0.3 is 24.2 Å². The number of hydrogen-bond donors (Lipinski definition) is 1. The average molecular weight is 458 g/mol. The Kier molecular flexibility index (Phi) is 5.63. The lowest BCUT2D eigenvalue weighted by Gasteiger charge is -2.25. The van der Waals surface area contributed by atoms with Crippen LogP contribution in [0.4, 0.5) is 0 Å². The van der Waals surface area contributed by atoms with Crippen LogP contribution in [-0.4, -0.2) is 47.0 Å². The van der Waals surface area contributed by atoms with E-state index >= 15 is 0 Å². The molecule has 8 heteroatoms. The van der Waals surface area contributed by atoms with Gasteiger partial charge in [0.2, 0.25) is 0 Å². The normalized spacial score (nSPS) is 18.7. The number of rotatable bonds is 5. The van der Waals surface area contributed by atoms with E-state index in [0.29, 0.717) is 41.6 Å². The summed E-state index contributed by atoms with van der Waals surface area (Å²) in [5.41, 5.74) is 1.83. The number of Topliss-reactive ketones (excluding diaryl/α,β-unsaturated/α-hetero) is 1. The van der Waals surface area contributed by atoms with Crippen LogP contribution in [0.15, 0.2) is 72.6 Å². The topological polar surface area (TPSA) is 98.2 Å². The molecule has 1 saturated heterocycles. The molecule has 1 N–H and O–H groups in total. The van der Waals surface area contributed by atoms with Gasteiger partial charge in [0.25, 0.3) is 11.7 Å². The first-order valence-corrected chi connectivity index (χ1v) is 10.8. The number of ether oxygens (including phenoxy) is 3. The summed E-state index contributed by atoms with van der Waals surface area (Å²) in [7, 11) is 1.57. The Morgan fingerprint density at radius 3 is 2.59 bits per heavy atom. The van der Waals surface area contributed by atoms with Crippen LogP contribution < -0.4 is 14.2 Å². The number of aromatic nitrogens is 1. The van der Waals surface area contributed by atoms with Gasteiger partial charge in [0.15, 0.2) is 11.5 Å². The van der Waals surface area contributed by atoms with Crippen molar-refractivity contribution in [3.63, 3.8) is 0 Å². The van der Waals surface area contributed by atoms with Crippen molar-refractivity contribution in [3.05, 3.63) is 89.3 Å². The molecule has 1 fully saturated rings. The fraction of sp³-hybridized carbons (Fsp3) is 0.192. The van der Waals surface area contributed by atoms with Gasteiger partial charge in [-0.1, -0.05) is 12.1 Å². The first kappa shape index (κ1) is 21.5. The Morgan fingerprint density at radius 1 is 1.06 bits per heavy atom. The second kappa shape index (κ2) is 8.90. The first-order chi connectivity index (χ1) is 16.6. The van der Waals surface area contributed by atoms with E-state index in [4.69, 9.17) is 14.2 Å². The Morgan fingerprint density at radius 2 is 1.82 bits per heavy atom. The molecule has 0 aliphatic carbocycles. The van der Waals surface area contributed by atoms with Crippen LogP contribution in [0.5, 0.6) is 17.2 Å². The lowest BCUT2D eigenvalue weighted by atomic mass is 9.95. The molecule has 1 amide bonds. The maximum atomic E-state index is 13.2. The van der Waals surface area contributed by atoms with Gasteiger partial charge in [0.1, 0.15) is 24.7 Å². The van der Waals surface area contributed by atoms with Crippen molar-refractivity contribution in [3.8, 4) is 17.2 Å². The number of carbonyl (C=O) groups excluding carboxylic acids is 2. The molecular formula is C26H22N2O6. The first-order valence-electron chi connectivity index (χ1n) is 10.8. The molecule has 0 bridgehead atoms. The van der Waals surface area contributed by atoms with Crippen LogP contribution >= 0.6 is 0 Å². The predicted molar refractivity (Wildman–Crippen MR) is 123 cm³/mol. The fourth-order valence-corrected chi connectivity index (χ4v) is 4.25. The van der Waals surface area contributed by atoms with Crippen molar-refractivity contribution < 1.29 is 28.9 Å². The van der Waals surface area contributed by atoms with Crippen LogP contribution in [0.3, 0.4) is 0 Å². The number of likely N-dealkylation sites (tertiary alicyclic amines) is 1. The van der Waals surface area contributed by atoms with Gasteiger partial charge >= 0.3 is 0 Å². The Hall–Kier alpha value is -4.33. The number of benzene rings is 2. The van der Waals surface area contributed by atoms with Crippen molar-refractivity contribution in [1.82, 2.24) is 9.88 Å². The van der Waals surface area contributed by atoms with Gasteiger partial charge in [0, 0.05) is 24.5 Å². The minimum atomic E-state index is -0.789. The molecule has 2 aliphatic rings. The molecular weight excluding hydrogens is 436 g/mol. The molecule has 3 aromatic rings. The van der Waals surface area contributed by atoms with Crippen molar-refractivity contribution >= 4 is 17.4 Å². The summed E-state index contributed by atoms with van der Waals surface area (Å²) in [6.45, 7) is 0.988. The quantitative estimate of drug-likeness (QED) is 0.355. The van der Waals surface area contributed by atoms with Gasteiger partial charge in [-0.25, -0.2) is 0 Å². The molecule has 1 atom stereocenters. The number of methoxy groups -OCH3 is 1. The minimum absolute atomic E-state index is 0.00998. The van der Waals surface area contributed by atoms with E-state index in [-0.39, 0.29) is 17.9 Å². The summed E-state index contributed by atoms with van der Waals surface area (Å²) in [4.78, 5) is 31.9. The van der Waals surface area contributed by atoms with Crippen molar-refractivity contribution in [2.24, 2.45) is 0 Å². The number of aliphatic hydroxyl groups excluding tert-OH is 1. The minimum Gasteiger partial charge on any atom is -0.507 e. The number of aliphatic hydroxyl groups is 1. The Balaban J connectivity index is 1.60. The largest absolute Gasteiger partial charge is 0.507 e. The van der Waals surface area contributed by atoms with Crippen molar-refractivity contribution in [1.29, 1.82) is 0 Å². The van der Waals surface area contributed by atoms with E-state index in [0.717, 1.165) is 5.56 Å². The number of nitrogens with zero attached hydrogens (tertiary/aromatic N) is 2. The SMILES string of the molecule is COc1cccc(CN2C(=O)C(=O)/C(=C(\O)c3ccc4c(c3)OCCO4)C2c2ccncc2)c1.